The van der Waals surface area contributed by atoms with Gasteiger partial charge in [-0.2, -0.15) is 0 Å². The summed E-state index contributed by atoms with van der Waals surface area (Å²) >= 11 is 5.88. The number of halogens is 1. The molecule has 0 bridgehead atoms. The summed E-state index contributed by atoms with van der Waals surface area (Å²) in [5, 5.41) is 4.01. The molecule has 5 heteroatoms. The predicted molar refractivity (Wildman–Crippen MR) is 80.2 cm³/mol. The molecule has 0 aliphatic carbocycles. The number of amides is 1. The van der Waals surface area contributed by atoms with Gasteiger partial charge in [0.05, 0.1) is 0 Å². The molecule has 1 N–H and O–H groups in total. The van der Waals surface area contributed by atoms with E-state index in [0.717, 1.165) is 19.5 Å². The molecule has 1 unspecified atom stereocenters. The molecule has 4 nitrogen and oxygen atoms in total. The second-order valence-electron chi connectivity index (χ2n) is 4.97. The van der Waals surface area contributed by atoms with E-state index in [1.165, 1.54) is 6.42 Å². The summed E-state index contributed by atoms with van der Waals surface area (Å²) in [6.45, 7) is 4.56. The number of hydrogen-bond donors (Lipinski definition) is 1. The third-order valence-electron chi connectivity index (χ3n) is 3.50. The lowest BCUT2D eigenvalue weighted by atomic mass is 10.2. The Hall–Kier alpha value is -1.26. The average Bonchev–Trinajstić information content (AvgIpc) is 2.95. The number of nitrogens with one attached hydrogen (secondary N) is 1. The van der Waals surface area contributed by atoms with Gasteiger partial charge in [-0.15, -0.1) is 0 Å². The molecule has 0 aromatic heterocycles. The first-order valence-electron chi connectivity index (χ1n) is 7.08. The molecule has 1 heterocycles. The molecule has 0 spiro atoms. The van der Waals surface area contributed by atoms with Gasteiger partial charge in [0.25, 0.3) is 5.91 Å². The molecule has 20 heavy (non-hydrogen) atoms. The monoisotopic (exact) mass is 296 g/mol. The second kappa shape index (κ2) is 7.50. The lowest BCUT2D eigenvalue weighted by Crippen LogP contribution is -2.42. The molecule has 2 rings (SSSR count). The summed E-state index contributed by atoms with van der Waals surface area (Å²) in [5.74, 6) is 0.641. The summed E-state index contributed by atoms with van der Waals surface area (Å²) in [6, 6.07) is 7.52. The van der Waals surface area contributed by atoms with E-state index < -0.39 is 0 Å². The Labute approximate surface area is 125 Å². The highest BCUT2D eigenvalue weighted by Gasteiger charge is 2.20. The van der Waals surface area contributed by atoms with Crippen molar-refractivity contribution < 1.29 is 9.53 Å². The first-order chi connectivity index (χ1) is 9.69. The zero-order valence-corrected chi connectivity index (χ0v) is 12.5. The second-order valence-corrected chi connectivity index (χ2v) is 5.41. The van der Waals surface area contributed by atoms with Gasteiger partial charge in [-0.05, 0) is 44.5 Å². The van der Waals surface area contributed by atoms with Crippen LogP contribution in [0.4, 0.5) is 0 Å². The van der Waals surface area contributed by atoms with E-state index in [2.05, 4.69) is 5.32 Å². The van der Waals surface area contributed by atoms with Gasteiger partial charge < -0.3 is 15.0 Å². The largest absolute Gasteiger partial charge is 0.484 e. The highest BCUT2D eigenvalue weighted by molar-refractivity contribution is 6.30. The van der Waals surface area contributed by atoms with Gasteiger partial charge in [-0.25, -0.2) is 0 Å². The number of hydrogen-bond acceptors (Lipinski definition) is 3. The molecule has 1 aromatic rings. The first kappa shape index (κ1) is 15.1. The summed E-state index contributed by atoms with van der Waals surface area (Å²) in [7, 11) is 0. The zero-order valence-electron chi connectivity index (χ0n) is 11.8. The number of ether oxygens (including phenoxy) is 1. The van der Waals surface area contributed by atoms with Gasteiger partial charge in [-0.3, -0.25) is 4.79 Å². The van der Waals surface area contributed by atoms with Crippen molar-refractivity contribution in [2.24, 2.45) is 0 Å². The number of carbonyl (C=O) groups excluding carboxylic acids is 1. The third-order valence-corrected chi connectivity index (χ3v) is 3.73. The Morgan fingerprint density at radius 3 is 3.05 bits per heavy atom. The van der Waals surface area contributed by atoms with Gasteiger partial charge in [0.2, 0.25) is 0 Å². The summed E-state index contributed by atoms with van der Waals surface area (Å²) < 4.78 is 5.50. The van der Waals surface area contributed by atoms with Gasteiger partial charge in [0.1, 0.15) is 5.75 Å². The molecule has 1 aromatic carbocycles. The Balaban J connectivity index is 1.82. The number of carbonyl (C=O) groups is 1. The topological polar surface area (TPSA) is 41.6 Å². The number of likely N-dealkylation sites (N-methyl/N-ethyl adjacent to an activating group) is 1. The van der Waals surface area contributed by atoms with E-state index in [1.807, 2.05) is 17.9 Å². The summed E-state index contributed by atoms with van der Waals surface area (Å²) in [6.07, 6.45) is 2.33. The van der Waals surface area contributed by atoms with Crippen LogP contribution in [0, 0.1) is 0 Å². The van der Waals surface area contributed by atoms with Crippen LogP contribution in [-0.2, 0) is 4.79 Å². The maximum atomic E-state index is 12.2. The molecule has 1 amide bonds. The highest BCUT2D eigenvalue weighted by Crippen LogP contribution is 2.17. The van der Waals surface area contributed by atoms with E-state index in [1.54, 1.807) is 18.2 Å². The Kier molecular flexibility index (Phi) is 5.68. The molecule has 0 radical (unpaired) electrons. The summed E-state index contributed by atoms with van der Waals surface area (Å²) in [5.41, 5.74) is 0. The van der Waals surface area contributed by atoms with Crippen molar-refractivity contribution in [3.05, 3.63) is 29.3 Å². The van der Waals surface area contributed by atoms with Crippen LogP contribution in [0.3, 0.4) is 0 Å². The standard InChI is InChI=1S/C15H21ClN2O2/c1-2-18(10-13-6-4-8-17-13)15(19)11-20-14-7-3-5-12(16)9-14/h3,5,7,9,13,17H,2,4,6,8,10-11H2,1H3. The van der Waals surface area contributed by atoms with Crippen molar-refractivity contribution in [1.82, 2.24) is 10.2 Å². The van der Waals surface area contributed by atoms with Crippen LogP contribution in [-0.4, -0.2) is 43.1 Å². The Morgan fingerprint density at radius 1 is 1.55 bits per heavy atom. The minimum atomic E-state index is 0.0150. The molecular weight excluding hydrogens is 276 g/mol. The molecule has 0 saturated carbocycles. The molecule has 1 saturated heterocycles. The highest BCUT2D eigenvalue weighted by atomic mass is 35.5. The van der Waals surface area contributed by atoms with Gasteiger partial charge in [0.15, 0.2) is 6.61 Å². The SMILES string of the molecule is CCN(CC1CCCN1)C(=O)COc1cccc(Cl)c1. The first-order valence-corrected chi connectivity index (χ1v) is 7.46. The van der Waals surface area contributed by atoms with Crippen LogP contribution in [0.2, 0.25) is 5.02 Å². The number of nitrogens with zero attached hydrogens (tertiary/aromatic N) is 1. The van der Waals surface area contributed by atoms with Crippen LogP contribution in [0.5, 0.6) is 5.75 Å². The van der Waals surface area contributed by atoms with Crippen molar-refractivity contribution in [3.63, 3.8) is 0 Å². The Morgan fingerprint density at radius 2 is 2.40 bits per heavy atom. The van der Waals surface area contributed by atoms with Crippen molar-refractivity contribution in [1.29, 1.82) is 0 Å². The van der Waals surface area contributed by atoms with Crippen molar-refractivity contribution in [2.45, 2.75) is 25.8 Å². The summed E-state index contributed by atoms with van der Waals surface area (Å²) in [4.78, 5) is 14.0. The predicted octanol–water partition coefficient (Wildman–Crippen LogP) is 2.32. The van der Waals surface area contributed by atoms with Gasteiger partial charge in [0, 0.05) is 24.2 Å². The smallest absolute Gasteiger partial charge is 0.260 e. The molecule has 1 aliphatic rings. The van der Waals surface area contributed by atoms with Crippen LogP contribution in [0.1, 0.15) is 19.8 Å². The maximum Gasteiger partial charge on any atom is 0.260 e. The number of benzene rings is 1. The molecule has 1 aliphatic heterocycles. The quantitative estimate of drug-likeness (QED) is 0.876. The van der Waals surface area contributed by atoms with Gasteiger partial charge >= 0.3 is 0 Å². The van der Waals surface area contributed by atoms with Crippen LogP contribution in [0.25, 0.3) is 0 Å². The fourth-order valence-electron chi connectivity index (χ4n) is 2.38. The maximum absolute atomic E-state index is 12.2. The van der Waals surface area contributed by atoms with E-state index in [-0.39, 0.29) is 12.5 Å². The third kappa shape index (κ3) is 4.39. The van der Waals surface area contributed by atoms with E-state index in [9.17, 15) is 4.79 Å². The Bertz CT molecular complexity index is 447. The minimum Gasteiger partial charge on any atom is -0.484 e. The van der Waals surface area contributed by atoms with E-state index in [4.69, 9.17) is 16.3 Å². The van der Waals surface area contributed by atoms with Crippen molar-refractivity contribution in [2.75, 3.05) is 26.2 Å². The normalized spacial score (nSPS) is 18.0. The molecule has 1 atom stereocenters. The lowest BCUT2D eigenvalue weighted by molar-refractivity contribution is -0.133. The fraction of sp³-hybridized carbons (Fsp3) is 0.533. The minimum absolute atomic E-state index is 0.0150. The molecule has 110 valence electrons. The lowest BCUT2D eigenvalue weighted by Gasteiger charge is -2.24. The fourth-order valence-corrected chi connectivity index (χ4v) is 2.56. The van der Waals surface area contributed by atoms with E-state index in [0.29, 0.717) is 23.4 Å². The van der Waals surface area contributed by atoms with Crippen LogP contribution < -0.4 is 10.1 Å². The van der Waals surface area contributed by atoms with E-state index >= 15 is 0 Å². The average molecular weight is 297 g/mol. The van der Waals surface area contributed by atoms with Crippen LogP contribution >= 0.6 is 11.6 Å². The van der Waals surface area contributed by atoms with Crippen molar-refractivity contribution >= 4 is 17.5 Å². The zero-order chi connectivity index (χ0) is 14.4. The van der Waals surface area contributed by atoms with Crippen molar-refractivity contribution in [3.8, 4) is 5.75 Å². The van der Waals surface area contributed by atoms with Crippen LogP contribution in [0.15, 0.2) is 24.3 Å². The van der Waals surface area contributed by atoms with Gasteiger partial charge in [-0.1, -0.05) is 17.7 Å². The number of rotatable bonds is 6. The molecule has 1 fully saturated rings. The molecular formula is C15H21ClN2O2.